The first kappa shape index (κ1) is 18.0. The molecule has 0 spiro atoms. The van der Waals surface area contributed by atoms with Gasteiger partial charge in [-0.1, -0.05) is 26.0 Å². The van der Waals surface area contributed by atoms with Crippen molar-refractivity contribution in [1.82, 2.24) is 9.97 Å². The van der Waals surface area contributed by atoms with Crippen molar-refractivity contribution >= 4 is 17.3 Å². The number of ether oxygens (including phenoxy) is 1. The van der Waals surface area contributed by atoms with Crippen LogP contribution in [0, 0.1) is 6.92 Å². The first-order valence-electron chi connectivity index (χ1n) is 8.77. The normalized spacial score (nSPS) is 10.5. The highest BCUT2D eigenvalue weighted by atomic mass is 16.5. The van der Waals surface area contributed by atoms with Gasteiger partial charge in [0.15, 0.2) is 0 Å². The molecule has 24 heavy (non-hydrogen) atoms. The summed E-state index contributed by atoms with van der Waals surface area (Å²) in [5, 5.41) is 3.37. The topological polar surface area (TPSA) is 50.3 Å². The van der Waals surface area contributed by atoms with E-state index < -0.39 is 0 Å². The van der Waals surface area contributed by atoms with E-state index in [0.717, 1.165) is 54.8 Å². The van der Waals surface area contributed by atoms with Gasteiger partial charge in [0.1, 0.15) is 23.2 Å². The van der Waals surface area contributed by atoms with Gasteiger partial charge in [-0.05, 0) is 38.8 Å². The Morgan fingerprint density at radius 1 is 1.04 bits per heavy atom. The smallest absolute Gasteiger partial charge is 0.142 e. The minimum Gasteiger partial charge on any atom is -0.492 e. The number of hydrogen-bond acceptors (Lipinski definition) is 5. The van der Waals surface area contributed by atoms with Gasteiger partial charge in [0.25, 0.3) is 0 Å². The molecule has 0 saturated carbocycles. The Hall–Kier alpha value is -2.30. The Labute approximate surface area is 145 Å². The summed E-state index contributed by atoms with van der Waals surface area (Å²) in [6.07, 6.45) is 2.19. The van der Waals surface area contributed by atoms with Crippen LogP contribution in [0.4, 0.5) is 17.3 Å². The fraction of sp³-hybridized carbons (Fsp3) is 0.474. The fourth-order valence-electron chi connectivity index (χ4n) is 2.65. The van der Waals surface area contributed by atoms with E-state index in [1.54, 1.807) is 0 Å². The molecule has 0 aliphatic carbocycles. The lowest BCUT2D eigenvalue weighted by Gasteiger charge is -2.23. The molecule has 0 bridgehead atoms. The average Bonchev–Trinajstić information content (AvgIpc) is 2.56. The number of hydrogen-bond donors (Lipinski definition) is 1. The van der Waals surface area contributed by atoms with Crippen LogP contribution >= 0.6 is 0 Å². The quantitative estimate of drug-likeness (QED) is 0.731. The summed E-state index contributed by atoms with van der Waals surface area (Å²) in [6, 6.07) is 9.93. The minimum absolute atomic E-state index is 0.632. The Morgan fingerprint density at radius 3 is 2.42 bits per heavy atom. The third kappa shape index (κ3) is 4.85. The lowest BCUT2D eigenvalue weighted by atomic mass is 10.3. The van der Waals surface area contributed by atoms with Crippen molar-refractivity contribution in [3.05, 3.63) is 36.2 Å². The molecule has 2 aromatic rings. The van der Waals surface area contributed by atoms with Crippen LogP contribution in [0.1, 0.15) is 39.4 Å². The molecule has 5 heteroatoms. The summed E-state index contributed by atoms with van der Waals surface area (Å²) in [6.45, 7) is 10.9. The van der Waals surface area contributed by atoms with Crippen LogP contribution in [0.2, 0.25) is 0 Å². The summed E-state index contributed by atoms with van der Waals surface area (Å²) in [4.78, 5) is 11.5. The zero-order chi connectivity index (χ0) is 17.4. The molecule has 5 nitrogen and oxygen atoms in total. The van der Waals surface area contributed by atoms with Crippen LogP contribution in [0.3, 0.4) is 0 Å². The van der Waals surface area contributed by atoms with E-state index in [0.29, 0.717) is 6.61 Å². The number of rotatable bonds is 9. The van der Waals surface area contributed by atoms with E-state index >= 15 is 0 Å². The van der Waals surface area contributed by atoms with Crippen molar-refractivity contribution in [3.8, 4) is 5.75 Å². The van der Waals surface area contributed by atoms with Crippen LogP contribution in [-0.4, -0.2) is 29.7 Å². The third-order valence-corrected chi connectivity index (χ3v) is 3.59. The molecule has 1 aromatic carbocycles. The maximum absolute atomic E-state index is 5.68. The van der Waals surface area contributed by atoms with Gasteiger partial charge in [0.2, 0.25) is 0 Å². The molecule has 0 aliphatic heterocycles. The van der Waals surface area contributed by atoms with E-state index in [1.165, 1.54) is 0 Å². The van der Waals surface area contributed by atoms with E-state index in [-0.39, 0.29) is 0 Å². The SMILES string of the molecule is CCCN(CCC)c1cc(Nc2ccccc2OCC)nc(C)n1. The maximum atomic E-state index is 5.68. The molecule has 0 radical (unpaired) electrons. The van der Waals surface area contributed by atoms with Crippen LogP contribution in [0.15, 0.2) is 30.3 Å². The van der Waals surface area contributed by atoms with Crippen molar-refractivity contribution < 1.29 is 4.74 Å². The molecule has 1 aromatic heterocycles. The summed E-state index contributed by atoms with van der Waals surface area (Å²) in [5.41, 5.74) is 0.918. The standard InChI is InChI=1S/C19H28N4O/c1-5-12-23(13-6-2)19-14-18(20-15(4)21-19)22-16-10-8-9-11-17(16)24-7-3/h8-11,14H,5-7,12-13H2,1-4H3,(H,20,21,22). The Bertz CT molecular complexity index is 639. The molecule has 0 fully saturated rings. The molecule has 0 atom stereocenters. The van der Waals surface area contributed by atoms with Crippen molar-refractivity contribution in [2.24, 2.45) is 0 Å². The van der Waals surface area contributed by atoms with Gasteiger partial charge in [0.05, 0.1) is 12.3 Å². The fourth-order valence-corrected chi connectivity index (χ4v) is 2.65. The first-order chi connectivity index (χ1) is 11.7. The number of para-hydroxylation sites is 2. The zero-order valence-electron chi connectivity index (χ0n) is 15.2. The van der Waals surface area contributed by atoms with E-state index in [4.69, 9.17) is 4.74 Å². The van der Waals surface area contributed by atoms with Crippen molar-refractivity contribution in [1.29, 1.82) is 0 Å². The molecule has 1 heterocycles. The highest BCUT2D eigenvalue weighted by Crippen LogP contribution is 2.28. The van der Waals surface area contributed by atoms with Gasteiger partial charge in [0, 0.05) is 19.2 Å². The third-order valence-electron chi connectivity index (χ3n) is 3.59. The highest BCUT2D eigenvalue weighted by Gasteiger charge is 2.11. The zero-order valence-corrected chi connectivity index (χ0v) is 15.2. The molecule has 0 aliphatic rings. The predicted molar refractivity (Wildman–Crippen MR) is 100 cm³/mol. The number of nitrogens with zero attached hydrogens (tertiary/aromatic N) is 3. The van der Waals surface area contributed by atoms with Crippen molar-refractivity contribution in [2.45, 2.75) is 40.5 Å². The monoisotopic (exact) mass is 328 g/mol. The summed E-state index contributed by atoms with van der Waals surface area (Å²) < 4.78 is 5.68. The number of benzene rings is 1. The van der Waals surface area contributed by atoms with Crippen LogP contribution in [0.5, 0.6) is 5.75 Å². The number of anilines is 3. The lowest BCUT2D eigenvalue weighted by molar-refractivity contribution is 0.342. The van der Waals surface area contributed by atoms with Crippen molar-refractivity contribution in [2.75, 3.05) is 29.9 Å². The molecule has 1 N–H and O–H groups in total. The molecular formula is C19H28N4O. The summed E-state index contributed by atoms with van der Waals surface area (Å²) in [7, 11) is 0. The molecule has 0 amide bonds. The molecule has 2 rings (SSSR count). The van der Waals surface area contributed by atoms with E-state index in [2.05, 4.69) is 34.0 Å². The largest absolute Gasteiger partial charge is 0.492 e. The molecular weight excluding hydrogens is 300 g/mol. The second kappa shape index (κ2) is 9.11. The van der Waals surface area contributed by atoms with Crippen LogP contribution in [0.25, 0.3) is 0 Å². The Kier molecular flexibility index (Phi) is 6.85. The summed E-state index contributed by atoms with van der Waals surface area (Å²) in [5.74, 6) is 3.36. The maximum Gasteiger partial charge on any atom is 0.142 e. The first-order valence-corrected chi connectivity index (χ1v) is 8.77. The molecule has 130 valence electrons. The second-order valence-electron chi connectivity index (χ2n) is 5.70. The lowest BCUT2D eigenvalue weighted by Crippen LogP contribution is -2.26. The number of aryl methyl sites for hydroxylation is 1. The van der Waals surface area contributed by atoms with E-state index in [1.807, 2.05) is 44.2 Å². The average molecular weight is 328 g/mol. The summed E-state index contributed by atoms with van der Waals surface area (Å²) >= 11 is 0. The van der Waals surface area contributed by atoms with Gasteiger partial charge in [-0.15, -0.1) is 0 Å². The highest BCUT2D eigenvalue weighted by molar-refractivity contribution is 5.65. The van der Waals surface area contributed by atoms with Gasteiger partial charge in [-0.2, -0.15) is 0 Å². The minimum atomic E-state index is 0.632. The van der Waals surface area contributed by atoms with Gasteiger partial charge >= 0.3 is 0 Å². The van der Waals surface area contributed by atoms with Crippen LogP contribution in [-0.2, 0) is 0 Å². The Balaban J connectivity index is 2.28. The number of aromatic nitrogens is 2. The van der Waals surface area contributed by atoms with Gasteiger partial charge in [-0.25, -0.2) is 9.97 Å². The molecule has 0 saturated heterocycles. The van der Waals surface area contributed by atoms with E-state index in [9.17, 15) is 0 Å². The second-order valence-corrected chi connectivity index (χ2v) is 5.70. The van der Waals surface area contributed by atoms with Crippen LogP contribution < -0.4 is 15.0 Å². The molecule has 0 unspecified atom stereocenters. The predicted octanol–water partition coefficient (Wildman–Crippen LogP) is 4.55. The number of nitrogens with one attached hydrogen (secondary N) is 1. The van der Waals surface area contributed by atoms with Crippen molar-refractivity contribution in [3.63, 3.8) is 0 Å². The Morgan fingerprint density at radius 2 is 1.75 bits per heavy atom. The van der Waals surface area contributed by atoms with Gasteiger partial charge < -0.3 is 15.0 Å². The van der Waals surface area contributed by atoms with Gasteiger partial charge in [-0.3, -0.25) is 0 Å².